The van der Waals surface area contributed by atoms with E-state index in [-0.39, 0.29) is 11.2 Å². The number of thioether (sulfide) groups is 1. The number of ether oxygens (including phenoxy) is 1. The van der Waals surface area contributed by atoms with Crippen LogP contribution in [0.1, 0.15) is 33.1 Å². The van der Waals surface area contributed by atoms with Crippen LogP contribution >= 0.6 is 23.4 Å². The minimum atomic E-state index is -0.266. The predicted molar refractivity (Wildman–Crippen MR) is 129 cm³/mol. The van der Waals surface area contributed by atoms with Gasteiger partial charge in [0.15, 0.2) is 11.0 Å². The monoisotopic (exact) mass is 470 g/mol. The van der Waals surface area contributed by atoms with E-state index in [9.17, 15) is 4.79 Å². The minimum absolute atomic E-state index is 0.148. The van der Waals surface area contributed by atoms with Crippen molar-refractivity contribution in [2.24, 2.45) is 0 Å². The fraction of sp³-hybridized carbons (Fsp3) is 0.375. The van der Waals surface area contributed by atoms with Crippen molar-refractivity contribution in [1.29, 1.82) is 0 Å². The Bertz CT molecular complexity index is 1060. The van der Waals surface area contributed by atoms with Gasteiger partial charge in [0.1, 0.15) is 5.75 Å². The highest BCUT2D eigenvalue weighted by molar-refractivity contribution is 8.00. The van der Waals surface area contributed by atoms with E-state index >= 15 is 0 Å². The Morgan fingerprint density at radius 3 is 2.50 bits per heavy atom. The molecule has 1 fully saturated rings. The number of amides is 1. The van der Waals surface area contributed by atoms with Crippen molar-refractivity contribution in [2.45, 2.75) is 43.5 Å². The van der Waals surface area contributed by atoms with Crippen molar-refractivity contribution in [3.63, 3.8) is 0 Å². The third kappa shape index (κ3) is 4.94. The van der Waals surface area contributed by atoms with Crippen molar-refractivity contribution in [2.75, 3.05) is 19.7 Å². The van der Waals surface area contributed by atoms with Crippen LogP contribution in [0.2, 0.25) is 5.02 Å². The lowest BCUT2D eigenvalue weighted by Crippen LogP contribution is -2.40. The summed E-state index contributed by atoms with van der Waals surface area (Å²) in [4.78, 5) is 15.0. The van der Waals surface area contributed by atoms with Crippen LogP contribution in [-0.4, -0.2) is 50.5 Å². The zero-order valence-corrected chi connectivity index (χ0v) is 19.9. The highest BCUT2D eigenvalue weighted by Gasteiger charge is 2.26. The first-order valence-corrected chi connectivity index (χ1v) is 12.2. The number of aromatic nitrogens is 3. The van der Waals surface area contributed by atoms with Crippen molar-refractivity contribution >= 4 is 29.3 Å². The fourth-order valence-corrected chi connectivity index (χ4v) is 5.01. The van der Waals surface area contributed by atoms with E-state index in [1.165, 1.54) is 18.2 Å². The van der Waals surface area contributed by atoms with E-state index in [1.54, 1.807) is 0 Å². The molecule has 1 unspecified atom stereocenters. The number of likely N-dealkylation sites (tertiary alicyclic amines) is 1. The number of nitrogens with zero attached hydrogens (tertiary/aromatic N) is 4. The Morgan fingerprint density at radius 2 is 1.81 bits per heavy atom. The second-order valence-electron chi connectivity index (χ2n) is 7.69. The van der Waals surface area contributed by atoms with Gasteiger partial charge in [0.05, 0.1) is 16.9 Å². The quantitative estimate of drug-likeness (QED) is 0.428. The van der Waals surface area contributed by atoms with Gasteiger partial charge in [-0.3, -0.25) is 9.36 Å². The van der Waals surface area contributed by atoms with Crippen LogP contribution in [0.3, 0.4) is 0 Å². The molecule has 0 N–H and O–H groups in total. The van der Waals surface area contributed by atoms with Gasteiger partial charge < -0.3 is 9.64 Å². The summed E-state index contributed by atoms with van der Waals surface area (Å²) in [5, 5.41) is 9.90. The summed E-state index contributed by atoms with van der Waals surface area (Å²) in [5.41, 5.74) is 1.67. The summed E-state index contributed by atoms with van der Waals surface area (Å²) in [6.07, 6.45) is 3.34. The third-order valence-electron chi connectivity index (χ3n) is 5.45. The molecule has 3 aromatic rings. The van der Waals surface area contributed by atoms with E-state index in [2.05, 4.69) is 10.2 Å². The summed E-state index contributed by atoms with van der Waals surface area (Å²) < 4.78 is 7.55. The van der Waals surface area contributed by atoms with Crippen molar-refractivity contribution in [3.05, 3.63) is 53.6 Å². The van der Waals surface area contributed by atoms with Crippen molar-refractivity contribution < 1.29 is 9.53 Å². The number of hydrogen-bond acceptors (Lipinski definition) is 5. The van der Waals surface area contributed by atoms with E-state index in [4.69, 9.17) is 16.3 Å². The maximum Gasteiger partial charge on any atom is 0.235 e. The Morgan fingerprint density at radius 1 is 1.09 bits per heavy atom. The Hall–Kier alpha value is -2.51. The van der Waals surface area contributed by atoms with E-state index in [1.807, 2.05) is 71.8 Å². The molecule has 0 spiro atoms. The number of halogens is 1. The summed E-state index contributed by atoms with van der Waals surface area (Å²) in [6, 6.07) is 15.4. The number of carbonyl (C=O) groups is 1. The summed E-state index contributed by atoms with van der Waals surface area (Å²) in [6.45, 7) is 6.17. The molecule has 4 rings (SSSR count). The molecule has 6 nitrogen and oxygen atoms in total. The molecule has 0 aliphatic carbocycles. The fourth-order valence-electron chi connectivity index (χ4n) is 3.83. The van der Waals surface area contributed by atoms with Crippen LogP contribution in [-0.2, 0) is 4.79 Å². The number of piperidine rings is 1. The topological polar surface area (TPSA) is 60.2 Å². The van der Waals surface area contributed by atoms with Gasteiger partial charge in [0.25, 0.3) is 0 Å². The largest absolute Gasteiger partial charge is 0.494 e. The average molecular weight is 471 g/mol. The predicted octanol–water partition coefficient (Wildman–Crippen LogP) is 5.48. The third-order valence-corrected chi connectivity index (χ3v) is 6.81. The lowest BCUT2D eigenvalue weighted by Gasteiger charge is -2.28. The van der Waals surface area contributed by atoms with E-state index < -0.39 is 0 Å². The Balaban J connectivity index is 1.69. The molecule has 32 heavy (non-hydrogen) atoms. The SMILES string of the molecule is CCOc1ccc(-n2c(SC(C)C(=O)N3CCCCC3)nnc2-c2ccccc2Cl)cc1. The molecule has 0 saturated carbocycles. The van der Waals surface area contributed by atoms with Gasteiger partial charge in [-0.05, 0) is 69.5 Å². The number of benzene rings is 2. The molecule has 1 aliphatic heterocycles. The first kappa shape index (κ1) is 22.7. The molecule has 168 valence electrons. The van der Waals surface area contributed by atoms with Gasteiger partial charge >= 0.3 is 0 Å². The van der Waals surface area contributed by atoms with Gasteiger partial charge in [-0.15, -0.1) is 10.2 Å². The molecule has 0 bridgehead atoms. The highest BCUT2D eigenvalue weighted by atomic mass is 35.5. The molecule has 2 aromatic carbocycles. The first-order valence-electron chi connectivity index (χ1n) is 11.0. The second kappa shape index (κ2) is 10.4. The summed E-state index contributed by atoms with van der Waals surface area (Å²) in [7, 11) is 0. The molecule has 2 heterocycles. The zero-order valence-electron chi connectivity index (χ0n) is 18.3. The molecule has 1 saturated heterocycles. The van der Waals surface area contributed by atoms with Gasteiger partial charge in [0, 0.05) is 24.3 Å². The van der Waals surface area contributed by atoms with Crippen LogP contribution in [0.25, 0.3) is 17.1 Å². The minimum Gasteiger partial charge on any atom is -0.494 e. The molecular formula is C24H27ClN4O2S. The zero-order chi connectivity index (χ0) is 22.5. The maximum absolute atomic E-state index is 13.0. The second-order valence-corrected chi connectivity index (χ2v) is 9.41. The van der Waals surface area contributed by atoms with Crippen LogP contribution in [0.15, 0.2) is 53.7 Å². The standard InChI is InChI=1S/C24H27ClN4O2S/c1-3-31-19-13-11-18(12-14-19)29-22(20-9-5-6-10-21(20)25)26-27-24(29)32-17(2)23(30)28-15-7-4-8-16-28/h5-6,9-14,17H,3-4,7-8,15-16H2,1-2H3. The number of hydrogen-bond donors (Lipinski definition) is 0. The van der Waals surface area contributed by atoms with Gasteiger partial charge in [-0.25, -0.2) is 0 Å². The molecule has 1 amide bonds. The Labute approximate surface area is 197 Å². The lowest BCUT2D eigenvalue weighted by atomic mass is 10.1. The molecule has 1 aliphatic rings. The van der Waals surface area contributed by atoms with Gasteiger partial charge in [0.2, 0.25) is 5.91 Å². The lowest BCUT2D eigenvalue weighted by molar-refractivity contribution is -0.131. The van der Waals surface area contributed by atoms with Crippen LogP contribution in [0, 0.1) is 0 Å². The van der Waals surface area contributed by atoms with Crippen molar-refractivity contribution in [1.82, 2.24) is 19.7 Å². The van der Waals surface area contributed by atoms with Crippen LogP contribution < -0.4 is 4.74 Å². The van der Waals surface area contributed by atoms with Gasteiger partial charge in [-0.1, -0.05) is 35.5 Å². The molecule has 8 heteroatoms. The number of rotatable bonds is 7. The van der Waals surface area contributed by atoms with Gasteiger partial charge in [-0.2, -0.15) is 0 Å². The molecule has 1 atom stereocenters. The van der Waals surface area contributed by atoms with E-state index in [0.717, 1.165) is 42.9 Å². The highest BCUT2D eigenvalue weighted by Crippen LogP contribution is 2.34. The molecule has 0 radical (unpaired) electrons. The summed E-state index contributed by atoms with van der Waals surface area (Å²) in [5.74, 6) is 1.58. The molecule has 1 aromatic heterocycles. The smallest absolute Gasteiger partial charge is 0.235 e. The normalized spacial score (nSPS) is 14.9. The maximum atomic E-state index is 13.0. The Kier molecular flexibility index (Phi) is 7.37. The number of carbonyl (C=O) groups excluding carboxylic acids is 1. The summed E-state index contributed by atoms with van der Waals surface area (Å²) >= 11 is 7.91. The first-order chi connectivity index (χ1) is 15.6. The van der Waals surface area contributed by atoms with E-state index in [0.29, 0.717) is 22.6 Å². The van der Waals surface area contributed by atoms with Crippen LogP contribution in [0.5, 0.6) is 5.75 Å². The van der Waals surface area contributed by atoms with Crippen LogP contribution in [0.4, 0.5) is 0 Å². The molecular weight excluding hydrogens is 444 g/mol. The van der Waals surface area contributed by atoms with Crippen molar-refractivity contribution in [3.8, 4) is 22.8 Å². The average Bonchev–Trinajstić information content (AvgIpc) is 3.23.